The predicted molar refractivity (Wildman–Crippen MR) is 74.3 cm³/mol. The number of carbonyl (C=O) groups excluding carboxylic acids is 1. The number of carboxylic acids is 1. The van der Waals surface area contributed by atoms with Crippen LogP contribution in [0.25, 0.3) is 0 Å². The van der Waals surface area contributed by atoms with Crippen LogP contribution in [0.3, 0.4) is 0 Å². The van der Waals surface area contributed by atoms with Crippen LogP contribution in [0.2, 0.25) is 5.02 Å². The Morgan fingerprint density at radius 2 is 2.05 bits per heavy atom. The molecular formula is C14H17ClFNO3. The van der Waals surface area contributed by atoms with E-state index in [1.807, 2.05) is 13.8 Å². The van der Waals surface area contributed by atoms with Crippen LogP contribution in [-0.4, -0.2) is 23.5 Å². The molecular weight excluding hydrogens is 285 g/mol. The predicted octanol–water partition coefficient (Wildman–Crippen LogP) is 2.96. The highest BCUT2D eigenvalue weighted by Crippen LogP contribution is 2.18. The number of benzene rings is 1. The molecule has 1 atom stereocenters. The summed E-state index contributed by atoms with van der Waals surface area (Å²) in [7, 11) is 0. The van der Waals surface area contributed by atoms with Crippen LogP contribution in [0.4, 0.5) is 4.39 Å². The highest BCUT2D eigenvalue weighted by Gasteiger charge is 2.21. The van der Waals surface area contributed by atoms with Gasteiger partial charge in [0.05, 0.1) is 16.5 Å². The van der Waals surface area contributed by atoms with Crippen LogP contribution >= 0.6 is 11.6 Å². The molecule has 0 spiro atoms. The highest BCUT2D eigenvalue weighted by molar-refractivity contribution is 6.31. The molecule has 2 N–H and O–H groups in total. The molecule has 1 aromatic carbocycles. The number of nitrogens with one attached hydrogen (secondary N) is 1. The van der Waals surface area contributed by atoms with Gasteiger partial charge in [-0.05, 0) is 24.5 Å². The fraction of sp³-hybridized carbons (Fsp3) is 0.429. The highest BCUT2D eigenvalue weighted by atomic mass is 35.5. The Morgan fingerprint density at radius 3 is 2.60 bits per heavy atom. The summed E-state index contributed by atoms with van der Waals surface area (Å²) in [6.45, 7) is 3.75. The average molecular weight is 302 g/mol. The van der Waals surface area contributed by atoms with E-state index in [9.17, 15) is 14.0 Å². The number of hydrogen-bond donors (Lipinski definition) is 2. The second-order valence-electron chi connectivity index (χ2n) is 4.98. The van der Waals surface area contributed by atoms with Gasteiger partial charge in [0.25, 0.3) is 5.91 Å². The Labute approximate surface area is 121 Å². The molecule has 110 valence electrons. The molecule has 0 aliphatic heterocycles. The summed E-state index contributed by atoms with van der Waals surface area (Å²) in [4.78, 5) is 22.9. The smallest absolute Gasteiger partial charge is 0.308 e. The largest absolute Gasteiger partial charge is 0.481 e. The quantitative estimate of drug-likeness (QED) is 0.849. The lowest BCUT2D eigenvalue weighted by Crippen LogP contribution is -2.34. The van der Waals surface area contributed by atoms with E-state index in [0.29, 0.717) is 6.42 Å². The van der Waals surface area contributed by atoms with Gasteiger partial charge in [-0.15, -0.1) is 0 Å². The zero-order valence-corrected chi connectivity index (χ0v) is 12.1. The molecule has 1 rings (SSSR count). The molecule has 1 amide bonds. The van der Waals surface area contributed by atoms with Gasteiger partial charge < -0.3 is 10.4 Å². The van der Waals surface area contributed by atoms with Crippen LogP contribution in [0.15, 0.2) is 18.2 Å². The van der Waals surface area contributed by atoms with Crippen molar-refractivity contribution in [3.63, 3.8) is 0 Å². The van der Waals surface area contributed by atoms with Gasteiger partial charge in [-0.3, -0.25) is 9.59 Å². The van der Waals surface area contributed by atoms with Crippen molar-refractivity contribution in [1.82, 2.24) is 5.32 Å². The second kappa shape index (κ2) is 7.24. The second-order valence-corrected chi connectivity index (χ2v) is 5.38. The molecule has 20 heavy (non-hydrogen) atoms. The Morgan fingerprint density at radius 1 is 1.40 bits per heavy atom. The molecule has 1 aromatic rings. The number of carbonyl (C=O) groups is 2. The molecule has 0 saturated carbocycles. The topological polar surface area (TPSA) is 66.4 Å². The van der Waals surface area contributed by atoms with Gasteiger partial charge in [0, 0.05) is 6.54 Å². The lowest BCUT2D eigenvalue weighted by Gasteiger charge is -2.15. The average Bonchev–Trinajstić information content (AvgIpc) is 2.36. The van der Waals surface area contributed by atoms with Crippen molar-refractivity contribution < 1.29 is 19.1 Å². The van der Waals surface area contributed by atoms with E-state index < -0.39 is 23.6 Å². The summed E-state index contributed by atoms with van der Waals surface area (Å²) >= 11 is 5.59. The number of aliphatic carboxylic acids is 1. The molecule has 0 saturated heterocycles. The standard InChI is InChI=1S/C14H17ClFNO3/c1-8(2)6-9(14(19)20)7-17-13(18)10-4-3-5-11(15)12(10)16/h3-5,8-9H,6-7H2,1-2H3,(H,17,18)(H,19,20). The minimum atomic E-state index is -0.981. The maximum Gasteiger partial charge on any atom is 0.308 e. The molecule has 0 radical (unpaired) electrons. The number of carboxylic acid groups (broad SMARTS) is 1. The summed E-state index contributed by atoms with van der Waals surface area (Å²) in [5.41, 5.74) is -0.189. The van der Waals surface area contributed by atoms with E-state index in [0.717, 1.165) is 0 Å². The van der Waals surface area contributed by atoms with Crippen molar-refractivity contribution in [2.75, 3.05) is 6.54 Å². The lowest BCUT2D eigenvalue weighted by molar-refractivity contribution is -0.142. The van der Waals surface area contributed by atoms with E-state index in [1.165, 1.54) is 18.2 Å². The molecule has 0 heterocycles. The summed E-state index contributed by atoms with van der Waals surface area (Å²) in [6, 6.07) is 4.10. The molecule has 4 nitrogen and oxygen atoms in total. The first-order valence-corrected chi connectivity index (χ1v) is 6.65. The van der Waals surface area contributed by atoms with E-state index >= 15 is 0 Å². The zero-order valence-electron chi connectivity index (χ0n) is 11.3. The van der Waals surface area contributed by atoms with Crippen LogP contribution in [0.5, 0.6) is 0 Å². The molecule has 0 fully saturated rings. The first kappa shape index (κ1) is 16.4. The van der Waals surface area contributed by atoms with Crippen molar-refractivity contribution in [2.45, 2.75) is 20.3 Å². The van der Waals surface area contributed by atoms with Crippen molar-refractivity contribution in [3.05, 3.63) is 34.6 Å². The van der Waals surface area contributed by atoms with E-state index in [-0.39, 0.29) is 23.0 Å². The monoisotopic (exact) mass is 301 g/mol. The summed E-state index contributed by atoms with van der Waals surface area (Å²) in [5.74, 6) is -2.95. The fourth-order valence-electron chi connectivity index (χ4n) is 1.83. The van der Waals surface area contributed by atoms with Gasteiger partial charge in [-0.1, -0.05) is 31.5 Å². The van der Waals surface area contributed by atoms with Gasteiger partial charge in [-0.2, -0.15) is 0 Å². The van der Waals surface area contributed by atoms with Gasteiger partial charge >= 0.3 is 5.97 Å². The Kier molecular flexibility index (Phi) is 5.95. The van der Waals surface area contributed by atoms with Gasteiger partial charge in [0.1, 0.15) is 0 Å². The van der Waals surface area contributed by atoms with Crippen LogP contribution in [0.1, 0.15) is 30.6 Å². The Balaban J connectivity index is 2.70. The third-order valence-electron chi connectivity index (χ3n) is 2.81. The first-order valence-electron chi connectivity index (χ1n) is 6.28. The zero-order chi connectivity index (χ0) is 15.3. The summed E-state index contributed by atoms with van der Waals surface area (Å²) in [6.07, 6.45) is 0.438. The molecule has 0 aromatic heterocycles. The normalized spacial score (nSPS) is 12.2. The van der Waals surface area contributed by atoms with Gasteiger partial charge in [0.15, 0.2) is 5.82 Å². The maximum atomic E-state index is 13.6. The number of amides is 1. The molecule has 0 aliphatic carbocycles. The fourth-order valence-corrected chi connectivity index (χ4v) is 2.01. The first-order chi connectivity index (χ1) is 9.32. The Bertz CT molecular complexity index is 505. The van der Waals surface area contributed by atoms with Gasteiger partial charge in [0.2, 0.25) is 0 Å². The minimum absolute atomic E-state index is 0.0434. The molecule has 1 unspecified atom stereocenters. The maximum absolute atomic E-state index is 13.6. The van der Waals surface area contributed by atoms with Crippen molar-refractivity contribution >= 4 is 23.5 Å². The minimum Gasteiger partial charge on any atom is -0.481 e. The summed E-state index contributed by atoms with van der Waals surface area (Å²) < 4.78 is 13.6. The van der Waals surface area contributed by atoms with Crippen molar-refractivity contribution in [1.29, 1.82) is 0 Å². The molecule has 6 heteroatoms. The van der Waals surface area contributed by atoms with Crippen LogP contribution in [0, 0.1) is 17.7 Å². The van der Waals surface area contributed by atoms with Crippen molar-refractivity contribution in [3.8, 4) is 0 Å². The SMILES string of the molecule is CC(C)CC(CNC(=O)c1cccc(Cl)c1F)C(=O)O. The van der Waals surface area contributed by atoms with E-state index in [1.54, 1.807) is 0 Å². The van der Waals surface area contributed by atoms with Crippen LogP contribution in [-0.2, 0) is 4.79 Å². The third kappa shape index (κ3) is 4.49. The third-order valence-corrected chi connectivity index (χ3v) is 3.10. The van der Waals surface area contributed by atoms with E-state index in [2.05, 4.69) is 5.32 Å². The van der Waals surface area contributed by atoms with Gasteiger partial charge in [-0.25, -0.2) is 4.39 Å². The number of hydrogen-bond acceptors (Lipinski definition) is 2. The van der Waals surface area contributed by atoms with Crippen LogP contribution < -0.4 is 5.32 Å². The molecule has 0 aliphatic rings. The van der Waals surface area contributed by atoms with Crippen molar-refractivity contribution in [2.24, 2.45) is 11.8 Å². The van der Waals surface area contributed by atoms with E-state index in [4.69, 9.17) is 16.7 Å². The number of rotatable bonds is 6. The number of halogens is 2. The summed E-state index contributed by atoms with van der Waals surface area (Å²) in [5, 5.41) is 11.3. The Hall–Kier alpha value is -1.62. The lowest BCUT2D eigenvalue weighted by atomic mass is 9.97. The molecule has 0 bridgehead atoms.